The van der Waals surface area contributed by atoms with Crippen molar-refractivity contribution in [1.29, 1.82) is 0 Å². The topological polar surface area (TPSA) is 81.7 Å². The maximum atomic E-state index is 13.3. The van der Waals surface area contributed by atoms with Gasteiger partial charge in [0.05, 0.1) is 23.6 Å². The van der Waals surface area contributed by atoms with Crippen molar-refractivity contribution in [3.63, 3.8) is 0 Å². The number of carbonyl (C=O) groups excluding carboxylic acids is 1. The number of benzene rings is 2. The van der Waals surface area contributed by atoms with E-state index >= 15 is 0 Å². The van der Waals surface area contributed by atoms with Gasteiger partial charge in [0, 0.05) is 6.42 Å². The molecule has 0 saturated heterocycles. The third-order valence-corrected chi connectivity index (χ3v) is 5.58. The van der Waals surface area contributed by atoms with Gasteiger partial charge >= 0.3 is 5.97 Å². The molecule has 0 aliphatic rings. The quantitative estimate of drug-likeness (QED) is 0.586. The van der Waals surface area contributed by atoms with Crippen molar-refractivity contribution in [2.24, 2.45) is 0 Å². The van der Waals surface area contributed by atoms with Crippen molar-refractivity contribution >= 4 is 16.0 Å². The average Bonchev–Trinajstić information content (AvgIpc) is 2.69. The summed E-state index contributed by atoms with van der Waals surface area (Å²) in [4.78, 5) is 12.0. The molecule has 158 valence electrons. The molecule has 2 aromatic rings. The molecule has 2 aromatic carbocycles. The summed E-state index contributed by atoms with van der Waals surface area (Å²) in [5.74, 6) is -3.17. The lowest BCUT2D eigenvalue weighted by Crippen LogP contribution is -2.39. The number of hydrogen-bond acceptors (Lipinski definition) is 5. The van der Waals surface area contributed by atoms with Crippen LogP contribution in [-0.2, 0) is 14.8 Å². The minimum absolute atomic E-state index is 0.0547. The lowest BCUT2D eigenvalue weighted by molar-refractivity contribution is 0.00583. The molecule has 0 fully saturated rings. The Morgan fingerprint density at radius 3 is 2.28 bits per heavy atom. The van der Waals surface area contributed by atoms with E-state index in [4.69, 9.17) is 9.47 Å². The highest BCUT2D eigenvalue weighted by atomic mass is 32.2. The molecule has 29 heavy (non-hydrogen) atoms. The number of methoxy groups -OCH3 is 1. The maximum absolute atomic E-state index is 13.3. The second kappa shape index (κ2) is 9.80. The summed E-state index contributed by atoms with van der Waals surface area (Å²) in [7, 11) is -2.56. The van der Waals surface area contributed by atoms with Gasteiger partial charge in [0.2, 0.25) is 15.9 Å². The van der Waals surface area contributed by atoms with Crippen LogP contribution in [-0.4, -0.2) is 40.1 Å². The maximum Gasteiger partial charge on any atom is 0.338 e. The molecular weight excluding hydrogens is 404 g/mol. The zero-order chi connectivity index (χ0) is 21.5. The van der Waals surface area contributed by atoms with Crippen molar-refractivity contribution in [2.45, 2.75) is 36.6 Å². The van der Waals surface area contributed by atoms with Gasteiger partial charge in [0.1, 0.15) is 12.4 Å². The Hall–Kier alpha value is -2.52. The Bertz CT molecular complexity index is 897. The fourth-order valence-electron chi connectivity index (χ4n) is 2.48. The zero-order valence-corrected chi connectivity index (χ0v) is 16.9. The smallest absolute Gasteiger partial charge is 0.338 e. The molecule has 0 bridgehead atoms. The van der Waals surface area contributed by atoms with Gasteiger partial charge in [0.25, 0.3) is 0 Å². The number of alkyl halides is 2. The molecule has 1 unspecified atom stereocenters. The summed E-state index contributed by atoms with van der Waals surface area (Å²) >= 11 is 0. The van der Waals surface area contributed by atoms with Crippen LogP contribution < -0.4 is 9.46 Å². The van der Waals surface area contributed by atoms with Crippen LogP contribution in [0.1, 0.15) is 30.1 Å². The molecule has 2 rings (SSSR count). The SMILES string of the molecule is COc1ccc(S(=O)(=O)NC(CCC(C)(F)F)COC(=O)c2ccccc2)cc1. The van der Waals surface area contributed by atoms with Crippen LogP contribution in [0.2, 0.25) is 0 Å². The lowest BCUT2D eigenvalue weighted by atomic mass is 10.1. The molecule has 0 amide bonds. The summed E-state index contributed by atoms with van der Waals surface area (Å²) in [5.41, 5.74) is 0.282. The average molecular weight is 427 g/mol. The predicted octanol–water partition coefficient (Wildman–Crippen LogP) is 3.63. The zero-order valence-electron chi connectivity index (χ0n) is 16.1. The first-order valence-corrected chi connectivity index (χ1v) is 10.4. The van der Waals surface area contributed by atoms with Gasteiger partial charge in [-0.3, -0.25) is 0 Å². The summed E-state index contributed by atoms with van der Waals surface area (Å²) in [6, 6.07) is 12.7. The van der Waals surface area contributed by atoms with E-state index in [0.29, 0.717) is 5.75 Å². The lowest BCUT2D eigenvalue weighted by Gasteiger charge is -2.20. The normalized spacial score (nSPS) is 13.0. The first-order chi connectivity index (χ1) is 13.6. The van der Waals surface area contributed by atoms with Gasteiger partial charge in [-0.05, 0) is 49.7 Å². The molecule has 0 aliphatic carbocycles. The number of ether oxygens (including phenoxy) is 2. The number of carbonyl (C=O) groups is 1. The molecule has 0 aliphatic heterocycles. The van der Waals surface area contributed by atoms with Gasteiger partial charge in [-0.25, -0.2) is 26.7 Å². The second-order valence-electron chi connectivity index (χ2n) is 6.57. The minimum atomic E-state index is -4.01. The van der Waals surface area contributed by atoms with Crippen LogP contribution in [0.4, 0.5) is 8.78 Å². The first kappa shape index (κ1) is 22.8. The third-order valence-electron chi connectivity index (χ3n) is 4.05. The molecule has 0 spiro atoms. The summed E-state index contributed by atoms with van der Waals surface area (Å²) in [5, 5.41) is 0. The molecule has 0 saturated carbocycles. The first-order valence-electron chi connectivity index (χ1n) is 8.87. The van der Waals surface area contributed by atoms with Crippen LogP contribution in [0.25, 0.3) is 0 Å². The largest absolute Gasteiger partial charge is 0.497 e. The third kappa shape index (κ3) is 7.43. The van der Waals surface area contributed by atoms with Crippen LogP contribution in [0.3, 0.4) is 0 Å². The van der Waals surface area contributed by atoms with Crippen molar-refractivity contribution < 1.29 is 31.5 Å². The van der Waals surface area contributed by atoms with Crippen molar-refractivity contribution in [1.82, 2.24) is 4.72 Å². The van der Waals surface area contributed by atoms with Gasteiger partial charge in [-0.15, -0.1) is 0 Å². The van der Waals surface area contributed by atoms with Gasteiger partial charge in [-0.2, -0.15) is 0 Å². The van der Waals surface area contributed by atoms with Crippen molar-refractivity contribution in [3.8, 4) is 5.75 Å². The Kier molecular flexibility index (Phi) is 7.69. The van der Waals surface area contributed by atoms with E-state index in [-0.39, 0.29) is 23.5 Å². The highest BCUT2D eigenvalue weighted by molar-refractivity contribution is 7.89. The number of esters is 1. The molecule has 1 atom stereocenters. The van der Waals surface area contributed by atoms with E-state index in [1.165, 1.54) is 31.4 Å². The molecule has 0 aromatic heterocycles. The molecule has 9 heteroatoms. The molecule has 0 heterocycles. The Balaban J connectivity index is 2.10. The van der Waals surface area contributed by atoms with Crippen LogP contribution in [0, 0.1) is 0 Å². The second-order valence-corrected chi connectivity index (χ2v) is 8.28. The molecule has 1 N–H and O–H groups in total. The summed E-state index contributed by atoms with van der Waals surface area (Å²) in [6.45, 7) is 0.372. The van der Waals surface area contributed by atoms with Crippen LogP contribution >= 0.6 is 0 Å². The minimum Gasteiger partial charge on any atom is -0.497 e. The highest BCUT2D eigenvalue weighted by Crippen LogP contribution is 2.21. The number of hydrogen-bond donors (Lipinski definition) is 1. The highest BCUT2D eigenvalue weighted by Gasteiger charge is 2.27. The predicted molar refractivity (Wildman–Crippen MR) is 104 cm³/mol. The summed E-state index contributed by atoms with van der Waals surface area (Å²) < 4.78 is 64.3. The van der Waals surface area contributed by atoms with E-state index in [2.05, 4.69) is 4.72 Å². The number of rotatable bonds is 10. The summed E-state index contributed by atoms with van der Waals surface area (Å²) in [6.07, 6.45) is -0.771. The number of sulfonamides is 1. The van der Waals surface area contributed by atoms with E-state index < -0.39 is 34.4 Å². The molecular formula is C20H23F2NO5S. The fraction of sp³-hybridized carbons (Fsp3) is 0.350. The van der Waals surface area contributed by atoms with Gasteiger partial charge in [0.15, 0.2) is 0 Å². The van der Waals surface area contributed by atoms with Crippen LogP contribution in [0.5, 0.6) is 5.75 Å². The van der Waals surface area contributed by atoms with Gasteiger partial charge in [-0.1, -0.05) is 18.2 Å². The van der Waals surface area contributed by atoms with E-state index in [1.807, 2.05) is 0 Å². The van der Waals surface area contributed by atoms with Gasteiger partial charge < -0.3 is 9.47 Å². The Morgan fingerprint density at radius 2 is 1.72 bits per heavy atom. The molecule has 0 radical (unpaired) electrons. The van der Waals surface area contributed by atoms with E-state index in [0.717, 1.165) is 6.92 Å². The number of nitrogens with one attached hydrogen (secondary N) is 1. The monoisotopic (exact) mass is 427 g/mol. The molecule has 6 nitrogen and oxygen atoms in total. The van der Waals surface area contributed by atoms with Crippen LogP contribution in [0.15, 0.2) is 59.5 Å². The Morgan fingerprint density at radius 1 is 1.10 bits per heavy atom. The number of halogens is 2. The fourth-order valence-corrected chi connectivity index (χ4v) is 3.74. The van der Waals surface area contributed by atoms with E-state index in [9.17, 15) is 22.0 Å². The van der Waals surface area contributed by atoms with Crippen molar-refractivity contribution in [2.75, 3.05) is 13.7 Å². The van der Waals surface area contributed by atoms with E-state index in [1.54, 1.807) is 30.3 Å². The van der Waals surface area contributed by atoms with Crippen molar-refractivity contribution in [3.05, 3.63) is 60.2 Å². The standard InChI is InChI=1S/C20H23F2NO5S/c1-20(21,22)13-12-16(14-28-19(24)15-6-4-3-5-7-15)23-29(25,26)18-10-8-17(27-2)9-11-18/h3-11,16,23H,12-14H2,1-2H3. The Labute approximate surface area is 168 Å².